The van der Waals surface area contributed by atoms with Crippen molar-refractivity contribution in [1.82, 2.24) is 10.3 Å². The molecular weight excluding hydrogens is 162 g/mol. The zero-order valence-corrected chi connectivity index (χ0v) is 7.88. The standard InChI is InChI=1S/C10H15N3/c1-8-2-4-12-7-10(8)13-9-3-5-11-6-9/h2,4,7,9,11,13H,3,5-6H2,1H3. The molecule has 0 radical (unpaired) electrons. The largest absolute Gasteiger partial charge is 0.380 e. The molecule has 0 aromatic carbocycles. The van der Waals surface area contributed by atoms with E-state index in [0.717, 1.165) is 18.8 Å². The summed E-state index contributed by atoms with van der Waals surface area (Å²) in [6, 6.07) is 2.60. The lowest BCUT2D eigenvalue weighted by molar-refractivity contribution is 0.791. The van der Waals surface area contributed by atoms with Crippen LogP contribution in [0.25, 0.3) is 0 Å². The van der Waals surface area contributed by atoms with Crippen molar-refractivity contribution in [3.63, 3.8) is 0 Å². The highest BCUT2D eigenvalue weighted by Crippen LogP contribution is 2.14. The summed E-state index contributed by atoms with van der Waals surface area (Å²) >= 11 is 0. The molecule has 1 aliphatic heterocycles. The molecule has 1 unspecified atom stereocenters. The molecule has 1 aliphatic rings. The average Bonchev–Trinajstić information content (AvgIpc) is 2.61. The maximum absolute atomic E-state index is 4.10. The number of hydrogen-bond acceptors (Lipinski definition) is 3. The van der Waals surface area contributed by atoms with Crippen molar-refractivity contribution in [2.75, 3.05) is 18.4 Å². The Morgan fingerprint density at radius 3 is 3.23 bits per heavy atom. The van der Waals surface area contributed by atoms with Crippen LogP contribution in [-0.4, -0.2) is 24.1 Å². The molecule has 0 aliphatic carbocycles. The number of pyridine rings is 1. The van der Waals surface area contributed by atoms with Crippen molar-refractivity contribution in [1.29, 1.82) is 0 Å². The molecule has 1 saturated heterocycles. The maximum atomic E-state index is 4.10. The van der Waals surface area contributed by atoms with Gasteiger partial charge in [0.15, 0.2) is 0 Å². The molecule has 0 saturated carbocycles. The van der Waals surface area contributed by atoms with Crippen LogP contribution in [0.3, 0.4) is 0 Å². The second kappa shape index (κ2) is 3.75. The fraction of sp³-hybridized carbons (Fsp3) is 0.500. The van der Waals surface area contributed by atoms with Gasteiger partial charge in [-0.3, -0.25) is 4.98 Å². The monoisotopic (exact) mass is 177 g/mol. The highest BCUT2D eigenvalue weighted by Gasteiger charge is 2.14. The van der Waals surface area contributed by atoms with E-state index in [1.54, 1.807) is 0 Å². The van der Waals surface area contributed by atoms with Gasteiger partial charge in [-0.15, -0.1) is 0 Å². The Morgan fingerprint density at radius 1 is 1.62 bits per heavy atom. The first-order valence-electron chi connectivity index (χ1n) is 4.74. The lowest BCUT2D eigenvalue weighted by atomic mass is 10.2. The number of aryl methyl sites for hydroxylation is 1. The summed E-state index contributed by atoms with van der Waals surface area (Å²) < 4.78 is 0. The number of nitrogens with zero attached hydrogens (tertiary/aromatic N) is 1. The van der Waals surface area contributed by atoms with Crippen molar-refractivity contribution < 1.29 is 0 Å². The van der Waals surface area contributed by atoms with E-state index in [1.165, 1.54) is 12.0 Å². The topological polar surface area (TPSA) is 37.0 Å². The van der Waals surface area contributed by atoms with Gasteiger partial charge >= 0.3 is 0 Å². The molecule has 0 spiro atoms. The van der Waals surface area contributed by atoms with Gasteiger partial charge in [0.2, 0.25) is 0 Å². The van der Waals surface area contributed by atoms with Gasteiger partial charge in [0.1, 0.15) is 0 Å². The van der Waals surface area contributed by atoms with E-state index in [4.69, 9.17) is 0 Å². The van der Waals surface area contributed by atoms with Crippen LogP contribution in [0.5, 0.6) is 0 Å². The van der Waals surface area contributed by atoms with Crippen molar-refractivity contribution >= 4 is 5.69 Å². The van der Waals surface area contributed by atoms with Crippen molar-refractivity contribution in [2.24, 2.45) is 0 Å². The van der Waals surface area contributed by atoms with E-state index in [1.807, 2.05) is 18.5 Å². The molecule has 2 N–H and O–H groups in total. The fourth-order valence-corrected chi connectivity index (χ4v) is 1.61. The van der Waals surface area contributed by atoms with Gasteiger partial charge < -0.3 is 10.6 Å². The molecule has 70 valence electrons. The van der Waals surface area contributed by atoms with E-state index in [9.17, 15) is 0 Å². The van der Waals surface area contributed by atoms with E-state index in [0.29, 0.717) is 6.04 Å². The minimum absolute atomic E-state index is 0.572. The van der Waals surface area contributed by atoms with Crippen LogP contribution in [0.1, 0.15) is 12.0 Å². The second-order valence-corrected chi connectivity index (χ2v) is 3.52. The highest BCUT2D eigenvalue weighted by atomic mass is 15.0. The summed E-state index contributed by atoms with van der Waals surface area (Å²) in [4.78, 5) is 4.10. The molecule has 1 aromatic rings. The Labute approximate surface area is 78.6 Å². The Hall–Kier alpha value is -1.09. The van der Waals surface area contributed by atoms with Crippen LogP contribution in [-0.2, 0) is 0 Å². The van der Waals surface area contributed by atoms with Gasteiger partial charge in [0, 0.05) is 18.8 Å². The van der Waals surface area contributed by atoms with Gasteiger partial charge in [-0.2, -0.15) is 0 Å². The molecule has 0 bridgehead atoms. The number of hydrogen-bond donors (Lipinski definition) is 2. The predicted molar refractivity (Wildman–Crippen MR) is 53.9 cm³/mol. The smallest absolute Gasteiger partial charge is 0.0559 e. The predicted octanol–water partition coefficient (Wildman–Crippen LogP) is 1.16. The third-order valence-electron chi connectivity index (χ3n) is 2.46. The van der Waals surface area contributed by atoms with Gasteiger partial charge in [-0.05, 0) is 31.5 Å². The molecular formula is C10H15N3. The molecule has 0 amide bonds. The van der Waals surface area contributed by atoms with Crippen molar-refractivity contribution in [2.45, 2.75) is 19.4 Å². The van der Waals surface area contributed by atoms with Gasteiger partial charge in [-0.25, -0.2) is 0 Å². The van der Waals surface area contributed by atoms with E-state index >= 15 is 0 Å². The van der Waals surface area contributed by atoms with E-state index in [-0.39, 0.29) is 0 Å². The lowest BCUT2D eigenvalue weighted by Gasteiger charge is -2.14. The fourth-order valence-electron chi connectivity index (χ4n) is 1.61. The third-order valence-corrected chi connectivity index (χ3v) is 2.46. The van der Waals surface area contributed by atoms with Crippen LogP contribution < -0.4 is 10.6 Å². The zero-order valence-electron chi connectivity index (χ0n) is 7.88. The van der Waals surface area contributed by atoms with Crippen molar-refractivity contribution in [3.05, 3.63) is 24.0 Å². The lowest BCUT2D eigenvalue weighted by Crippen LogP contribution is -2.22. The molecule has 1 aromatic heterocycles. The quantitative estimate of drug-likeness (QED) is 0.712. The number of nitrogens with one attached hydrogen (secondary N) is 2. The summed E-state index contributed by atoms with van der Waals surface area (Å²) in [5.41, 5.74) is 2.43. The number of aromatic nitrogens is 1. The first kappa shape index (κ1) is 8.51. The first-order valence-corrected chi connectivity index (χ1v) is 4.74. The van der Waals surface area contributed by atoms with Gasteiger partial charge in [0.05, 0.1) is 11.9 Å². The van der Waals surface area contributed by atoms with Crippen molar-refractivity contribution in [3.8, 4) is 0 Å². The van der Waals surface area contributed by atoms with Crippen LogP contribution >= 0.6 is 0 Å². The summed E-state index contributed by atoms with van der Waals surface area (Å²) in [5.74, 6) is 0. The second-order valence-electron chi connectivity index (χ2n) is 3.52. The Balaban J connectivity index is 2.04. The Morgan fingerprint density at radius 2 is 2.54 bits per heavy atom. The first-order chi connectivity index (χ1) is 6.36. The van der Waals surface area contributed by atoms with Crippen LogP contribution in [0.15, 0.2) is 18.5 Å². The normalized spacial score (nSPS) is 21.8. The highest BCUT2D eigenvalue weighted by molar-refractivity contribution is 5.48. The average molecular weight is 177 g/mol. The molecule has 3 heteroatoms. The summed E-state index contributed by atoms with van der Waals surface area (Å²) in [5, 5.41) is 6.81. The molecule has 2 rings (SSSR count). The SMILES string of the molecule is Cc1ccncc1NC1CCNC1. The van der Waals surface area contributed by atoms with Gasteiger partial charge in [0.25, 0.3) is 0 Å². The number of anilines is 1. The van der Waals surface area contributed by atoms with Gasteiger partial charge in [-0.1, -0.05) is 0 Å². The minimum Gasteiger partial charge on any atom is -0.380 e. The molecule has 1 atom stereocenters. The third kappa shape index (κ3) is 1.98. The summed E-state index contributed by atoms with van der Waals surface area (Å²) in [7, 11) is 0. The van der Waals surface area contributed by atoms with E-state index in [2.05, 4.69) is 22.5 Å². The molecule has 13 heavy (non-hydrogen) atoms. The molecule has 1 fully saturated rings. The minimum atomic E-state index is 0.572. The molecule has 2 heterocycles. The maximum Gasteiger partial charge on any atom is 0.0559 e. The number of rotatable bonds is 2. The van der Waals surface area contributed by atoms with Crippen LogP contribution in [0.2, 0.25) is 0 Å². The Bertz CT molecular complexity index is 279. The Kier molecular flexibility index (Phi) is 2.45. The summed E-state index contributed by atoms with van der Waals surface area (Å²) in [6.45, 7) is 4.29. The zero-order chi connectivity index (χ0) is 9.10. The van der Waals surface area contributed by atoms with Crippen LogP contribution in [0, 0.1) is 6.92 Å². The van der Waals surface area contributed by atoms with Crippen LogP contribution in [0.4, 0.5) is 5.69 Å². The molecule has 3 nitrogen and oxygen atoms in total. The van der Waals surface area contributed by atoms with E-state index < -0.39 is 0 Å². The summed E-state index contributed by atoms with van der Waals surface area (Å²) in [6.07, 6.45) is 4.93.